The third-order valence-electron chi connectivity index (χ3n) is 2.11. The standard InChI is InChI=1S/C11H14Cl2N2O3/c1-18-10-6-8(13)7(12)5-9(10)15-11(17)14-3-2-4-16/h5-6,16H,2-4H2,1H3,(H2,14,15,17). The Kier molecular flexibility index (Phi) is 6.04. The Hall–Kier alpha value is -1.17. The topological polar surface area (TPSA) is 70.6 Å². The number of aliphatic hydroxyl groups is 1. The molecule has 0 aromatic heterocycles. The van der Waals surface area contributed by atoms with Gasteiger partial charge in [0.1, 0.15) is 5.75 Å². The summed E-state index contributed by atoms with van der Waals surface area (Å²) in [5.74, 6) is 0.418. The molecule has 7 heteroatoms. The third-order valence-corrected chi connectivity index (χ3v) is 2.83. The second-order valence-corrected chi connectivity index (χ2v) is 4.24. The van der Waals surface area contributed by atoms with E-state index in [2.05, 4.69) is 10.6 Å². The maximum Gasteiger partial charge on any atom is 0.319 e. The van der Waals surface area contributed by atoms with Crippen molar-refractivity contribution in [3.8, 4) is 5.75 Å². The van der Waals surface area contributed by atoms with Gasteiger partial charge in [-0.05, 0) is 12.5 Å². The predicted molar refractivity (Wildman–Crippen MR) is 71.7 cm³/mol. The smallest absolute Gasteiger partial charge is 0.319 e. The van der Waals surface area contributed by atoms with Crippen molar-refractivity contribution in [2.45, 2.75) is 6.42 Å². The first kappa shape index (κ1) is 14.9. The summed E-state index contributed by atoms with van der Waals surface area (Å²) in [4.78, 5) is 11.5. The molecule has 0 bridgehead atoms. The predicted octanol–water partition coefficient (Wildman–Crippen LogP) is 2.51. The van der Waals surface area contributed by atoms with E-state index < -0.39 is 6.03 Å². The van der Waals surface area contributed by atoms with Gasteiger partial charge in [0.25, 0.3) is 0 Å². The Morgan fingerprint density at radius 3 is 2.67 bits per heavy atom. The summed E-state index contributed by atoms with van der Waals surface area (Å²) in [6.07, 6.45) is 0.492. The summed E-state index contributed by atoms with van der Waals surface area (Å²) in [6, 6.07) is 2.63. The van der Waals surface area contributed by atoms with E-state index in [-0.39, 0.29) is 6.61 Å². The number of carbonyl (C=O) groups is 1. The molecule has 1 rings (SSSR count). The Bertz CT molecular complexity index is 427. The van der Waals surface area contributed by atoms with Gasteiger partial charge in [0, 0.05) is 19.2 Å². The van der Waals surface area contributed by atoms with Crippen molar-refractivity contribution in [2.24, 2.45) is 0 Å². The van der Waals surface area contributed by atoms with Crippen LogP contribution in [0.2, 0.25) is 10.0 Å². The molecule has 2 amide bonds. The Morgan fingerprint density at radius 2 is 2.06 bits per heavy atom. The minimum absolute atomic E-state index is 0.0242. The van der Waals surface area contributed by atoms with Crippen LogP contribution in [-0.2, 0) is 0 Å². The first-order valence-electron chi connectivity index (χ1n) is 5.27. The van der Waals surface area contributed by atoms with Crippen molar-refractivity contribution in [3.05, 3.63) is 22.2 Å². The number of hydrogen-bond donors (Lipinski definition) is 3. The molecule has 0 aliphatic rings. The molecule has 0 unspecified atom stereocenters. The summed E-state index contributed by atoms with van der Waals surface area (Å²) in [5.41, 5.74) is 0.424. The van der Waals surface area contributed by atoms with Crippen LogP contribution in [-0.4, -0.2) is 31.4 Å². The second kappa shape index (κ2) is 7.31. The number of benzene rings is 1. The van der Waals surface area contributed by atoms with Gasteiger partial charge < -0.3 is 20.5 Å². The van der Waals surface area contributed by atoms with Crippen molar-refractivity contribution in [1.29, 1.82) is 0 Å². The van der Waals surface area contributed by atoms with Gasteiger partial charge in [-0.1, -0.05) is 23.2 Å². The van der Waals surface area contributed by atoms with Gasteiger partial charge in [-0.25, -0.2) is 4.79 Å². The van der Waals surface area contributed by atoms with E-state index in [4.69, 9.17) is 33.0 Å². The van der Waals surface area contributed by atoms with Gasteiger partial charge in [0.15, 0.2) is 0 Å². The molecule has 0 saturated carbocycles. The summed E-state index contributed by atoms with van der Waals surface area (Å²) in [6.45, 7) is 0.405. The molecular weight excluding hydrogens is 279 g/mol. The van der Waals surface area contributed by atoms with E-state index in [1.54, 1.807) is 0 Å². The fourth-order valence-corrected chi connectivity index (χ4v) is 1.56. The molecule has 0 radical (unpaired) electrons. The van der Waals surface area contributed by atoms with Crippen LogP contribution in [0.15, 0.2) is 12.1 Å². The van der Waals surface area contributed by atoms with Crippen LogP contribution in [0, 0.1) is 0 Å². The number of urea groups is 1. The normalized spacial score (nSPS) is 10.0. The van der Waals surface area contributed by atoms with Gasteiger partial charge in [-0.3, -0.25) is 0 Å². The highest BCUT2D eigenvalue weighted by Crippen LogP contribution is 2.33. The van der Waals surface area contributed by atoms with Gasteiger partial charge in [0.05, 0.1) is 22.8 Å². The van der Waals surface area contributed by atoms with E-state index in [9.17, 15) is 4.79 Å². The number of halogens is 2. The zero-order valence-corrected chi connectivity index (χ0v) is 11.3. The monoisotopic (exact) mass is 292 g/mol. The first-order chi connectivity index (χ1) is 8.58. The van der Waals surface area contributed by atoms with Gasteiger partial charge in [-0.15, -0.1) is 0 Å². The minimum atomic E-state index is -0.403. The average Bonchev–Trinajstić information content (AvgIpc) is 2.34. The molecule has 100 valence electrons. The lowest BCUT2D eigenvalue weighted by atomic mass is 10.3. The van der Waals surface area contributed by atoms with E-state index in [1.807, 2.05) is 0 Å². The fraction of sp³-hybridized carbons (Fsp3) is 0.364. The van der Waals surface area contributed by atoms with Crippen LogP contribution in [0.25, 0.3) is 0 Å². The summed E-state index contributed by atoms with van der Waals surface area (Å²) in [5, 5.41) is 14.4. The van der Waals surface area contributed by atoms with Crippen LogP contribution in [0.3, 0.4) is 0 Å². The lowest BCUT2D eigenvalue weighted by Gasteiger charge is -2.12. The molecule has 0 spiro atoms. The number of aliphatic hydroxyl groups excluding tert-OH is 1. The minimum Gasteiger partial charge on any atom is -0.495 e. The van der Waals surface area contributed by atoms with Crippen LogP contribution in [0.5, 0.6) is 5.75 Å². The zero-order chi connectivity index (χ0) is 13.5. The summed E-state index contributed by atoms with van der Waals surface area (Å²) < 4.78 is 5.08. The molecule has 1 aromatic carbocycles. The molecule has 0 aliphatic carbocycles. The number of carbonyl (C=O) groups excluding carboxylic acids is 1. The van der Waals surface area contributed by atoms with Crippen LogP contribution < -0.4 is 15.4 Å². The van der Waals surface area contributed by atoms with Crippen molar-refractivity contribution < 1.29 is 14.6 Å². The van der Waals surface area contributed by atoms with E-state index in [1.165, 1.54) is 19.2 Å². The molecule has 0 atom stereocenters. The maximum absolute atomic E-state index is 11.5. The molecule has 1 aromatic rings. The second-order valence-electron chi connectivity index (χ2n) is 3.42. The van der Waals surface area contributed by atoms with Crippen molar-refractivity contribution in [1.82, 2.24) is 5.32 Å². The maximum atomic E-state index is 11.5. The largest absolute Gasteiger partial charge is 0.495 e. The van der Waals surface area contributed by atoms with Crippen LogP contribution in [0.4, 0.5) is 10.5 Å². The number of nitrogens with one attached hydrogen (secondary N) is 2. The Balaban J connectivity index is 2.71. The third kappa shape index (κ3) is 4.25. The molecule has 0 fully saturated rings. The first-order valence-corrected chi connectivity index (χ1v) is 6.02. The molecule has 0 heterocycles. The highest BCUT2D eigenvalue weighted by atomic mass is 35.5. The van der Waals surface area contributed by atoms with Gasteiger partial charge >= 0.3 is 6.03 Å². The van der Waals surface area contributed by atoms with Crippen LogP contribution >= 0.6 is 23.2 Å². The van der Waals surface area contributed by atoms with E-state index in [0.717, 1.165) is 0 Å². The highest BCUT2D eigenvalue weighted by Gasteiger charge is 2.10. The Morgan fingerprint density at radius 1 is 1.39 bits per heavy atom. The lowest BCUT2D eigenvalue weighted by Crippen LogP contribution is -2.30. The van der Waals surface area contributed by atoms with Gasteiger partial charge in [-0.2, -0.15) is 0 Å². The zero-order valence-electron chi connectivity index (χ0n) is 9.80. The number of rotatable bonds is 5. The van der Waals surface area contributed by atoms with Crippen LogP contribution in [0.1, 0.15) is 6.42 Å². The molecule has 3 N–H and O–H groups in total. The fourth-order valence-electron chi connectivity index (χ4n) is 1.24. The molecule has 18 heavy (non-hydrogen) atoms. The van der Waals surface area contributed by atoms with Gasteiger partial charge in [0.2, 0.25) is 0 Å². The number of hydrogen-bond acceptors (Lipinski definition) is 3. The lowest BCUT2D eigenvalue weighted by molar-refractivity contribution is 0.248. The number of amides is 2. The Labute approximate surface area is 115 Å². The molecule has 5 nitrogen and oxygen atoms in total. The average molecular weight is 293 g/mol. The van der Waals surface area contributed by atoms with E-state index in [0.29, 0.717) is 34.4 Å². The van der Waals surface area contributed by atoms with Crippen molar-refractivity contribution in [2.75, 3.05) is 25.6 Å². The SMILES string of the molecule is COc1cc(Cl)c(Cl)cc1NC(=O)NCCCO. The highest BCUT2D eigenvalue weighted by molar-refractivity contribution is 6.42. The van der Waals surface area contributed by atoms with E-state index >= 15 is 0 Å². The quantitative estimate of drug-likeness (QED) is 0.730. The number of anilines is 1. The number of ether oxygens (including phenoxy) is 1. The molecular formula is C11H14Cl2N2O3. The van der Waals surface area contributed by atoms with Crippen molar-refractivity contribution >= 4 is 34.9 Å². The summed E-state index contributed by atoms with van der Waals surface area (Å²) in [7, 11) is 1.47. The molecule has 0 saturated heterocycles. The summed E-state index contributed by atoms with van der Waals surface area (Å²) >= 11 is 11.7. The molecule has 0 aliphatic heterocycles. The number of methoxy groups -OCH3 is 1. The van der Waals surface area contributed by atoms with Crippen molar-refractivity contribution in [3.63, 3.8) is 0 Å².